The molecule has 3 aromatic rings. The summed E-state index contributed by atoms with van der Waals surface area (Å²) in [6, 6.07) is 19.5. The van der Waals surface area contributed by atoms with Gasteiger partial charge < -0.3 is 20.4 Å². The molecule has 0 aliphatic carbocycles. The van der Waals surface area contributed by atoms with Crippen molar-refractivity contribution in [2.24, 2.45) is 5.92 Å². The van der Waals surface area contributed by atoms with Crippen LogP contribution in [0.25, 0.3) is 0 Å². The van der Waals surface area contributed by atoms with Gasteiger partial charge in [0.2, 0.25) is 11.8 Å². The van der Waals surface area contributed by atoms with E-state index in [0.717, 1.165) is 16.8 Å². The number of nitrogens with one attached hydrogen (secondary N) is 1. The van der Waals surface area contributed by atoms with Gasteiger partial charge in [-0.15, -0.1) is 0 Å². The average molecular weight is 487 g/mol. The molecule has 7 heteroatoms. The number of benzene rings is 3. The van der Waals surface area contributed by atoms with Crippen molar-refractivity contribution in [3.8, 4) is 17.6 Å². The zero-order valence-corrected chi connectivity index (χ0v) is 19.8. The van der Waals surface area contributed by atoms with Gasteiger partial charge in [-0.25, -0.2) is 4.39 Å². The second-order valence-electron chi connectivity index (χ2n) is 8.75. The minimum atomic E-state index is -0.803. The van der Waals surface area contributed by atoms with Gasteiger partial charge in [0.1, 0.15) is 11.6 Å². The van der Waals surface area contributed by atoms with Crippen LogP contribution >= 0.6 is 0 Å². The number of hydrogen-bond acceptors (Lipinski definition) is 4. The molecule has 0 aromatic heterocycles. The Morgan fingerprint density at radius 1 is 1.06 bits per heavy atom. The summed E-state index contributed by atoms with van der Waals surface area (Å²) < 4.78 is 13.2. The van der Waals surface area contributed by atoms with Crippen LogP contribution in [0.15, 0.2) is 72.8 Å². The number of aliphatic hydroxyl groups is 1. The molecule has 36 heavy (non-hydrogen) atoms. The predicted molar refractivity (Wildman–Crippen MR) is 134 cm³/mol. The third-order valence-corrected chi connectivity index (χ3v) is 6.26. The van der Waals surface area contributed by atoms with Crippen LogP contribution in [0.5, 0.6) is 5.75 Å². The first-order valence-electron chi connectivity index (χ1n) is 11.7. The van der Waals surface area contributed by atoms with Crippen LogP contribution in [0.2, 0.25) is 0 Å². The summed E-state index contributed by atoms with van der Waals surface area (Å²) in [4.78, 5) is 25.9. The summed E-state index contributed by atoms with van der Waals surface area (Å²) in [6.45, 7) is 1.69. The maximum Gasteiger partial charge on any atom is 0.233 e. The van der Waals surface area contributed by atoms with Crippen molar-refractivity contribution in [3.63, 3.8) is 0 Å². The summed E-state index contributed by atoms with van der Waals surface area (Å²) >= 11 is 0. The van der Waals surface area contributed by atoms with Crippen molar-refractivity contribution in [3.05, 3.63) is 95.3 Å². The van der Waals surface area contributed by atoms with Gasteiger partial charge in [0, 0.05) is 18.2 Å². The van der Waals surface area contributed by atoms with Crippen LogP contribution in [-0.4, -0.2) is 28.6 Å². The highest BCUT2D eigenvalue weighted by molar-refractivity contribution is 6.03. The number of carbonyl (C=O) groups is 2. The van der Waals surface area contributed by atoms with Gasteiger partial charge in [0.15, 0.2) is 0 Å². The summed E-state index contributed by atoms with van der Waals surface area (Å²) in [5.74, 6) is 5.09. The van der Waals surface area contributed by atoms with Gasteiger partial charge in [-0.1, -0.05) is 36.1 Å². The molecule has 3 aromatic carbocycles. The molecule has 4 rings (SSSR count). The minimum Gasteiger partial charge on any atom is -0.508 e. The molecule has 1 saturated heterocycles. The van der Waals surface area contributed by atoms with Crippen LogP contribution in [-0.2, 0) is 9.59 Å². The smallest absolute Gasteiger partial charge is 0.233 e. The van der Waals surface area contributed by atoms with Crippen molar-refractivity contribution in [2.45, 2.75) is 31.9 Å². The molecule has 1 aliphatic rings. The fraction of sp³-hybridized carbons (Fsp3) is 0.241. The van der Waals surface area contributed by atoms with Gasteiger partial charge in [-0.3, -0.25) is 9.59 Å². The molecular formula is C29H27FN2O4. The Labute approximate surface area is 209 Å². The lowest BCUT2D eigenvalue weighted by Crippen LogP contribution is -2.55. The fourth-order valence-electron chi connectivity index (χ4n) is 4.38. The highest BCUT2D eigenvalue weighted by atomic mass is 19.1. The predicted octanol–water partition coefficient (Wildman–Crippen LogP) is 4.24. The summed E-state index contributed by atoms with van der Waals surface area (Å²) in [5.41, 5.74) is 2.97. The molecule has 3 N–H and O–H groups in total. The Balaban J connectivity index is 1.50. The van der Waals surface area contributed by atoms with Crippen molar-refractivity contribution in [1.29, 1.82) is 0 Å². The zero-order valence-electron chi connectivity index (χ0n) is 19.8. The normalized spacial score (nSPS) is 17.5. The molecule has 184 valence electrons. The number of phenols is 1. The lowest BCUT2D eigenvalue weighted by atomic mass is 9.78. The Kier molecular flexibility index (Phi) is 7.67. The number of rotatable bonds is 7. The summed E-state index contributed by atoms with van der Waals surface area (Å²) in [5, 5.41) is 22.9. The van der Waals surface area contributed by atoms with E-state index in [-0.39, 0.29) is 41.9 Å². The number of carbonyl (C=O) groups excluding carboxylic acids is 2. The van der Waals surface area contributed by atoms with E-state index in [1.807, 2.05) is 24.3 Å². The van der Waals surface area contributed by atoms with Crippen molar-refractivity contribution < 1.29 is 24.2 Å². The molecule has 1 fully saturated rings. The van der Waals surface area contributed by atoms with E-state index in [0.29, 0.717) is 18.4 Å². The van der Waals surface area contributed by atoms with E-state index >= 15 is 0 Å². The number of β-lactam (4-membered cyclic amide) rings is 1. The number of hydrogen-bond donors (Lipinski definition) is 3. The number of aliphatic hydroxyl groups excluding tert-OH is 1. The first-order valence-corrected chi connectivity index (χ1v) is 11.7. The summed E-state index contributed by atoms with van der Waals surface area (Å²) in [6.07, 6.45) is 0.00245. The standard InChI is InChI=1S/C29H27FN2O4/c1-19(33)31-18-2-3-20-4-12-24(13-5-20)32-28(22-8-14-25(34)15-9-22)26(29(32)36)16-17-27(35)21-6-10-23(30)11-7-21/h4-15,26-28,34-35H,16-18H2,1H3,(H,31,33)/t26-,27+,28?/m1/s1. The van der Waals surface area contributed by atoms with Gasteiger partial charge in [0.05, 0.1) is 24.6 Å². The van der Waals surface area contributed by atoms with Crippen molar-refractivity contribution in [2.75, 3.05) is 11.4 Å². The molecule has 2 amide bonds. The topological polar surface area (TPSA) is 89.9 Å². The number of nitrogens with zero attached hydrogens (tertiary/aromatic N) is 1. The molecule has 0 spiro atoms. The van der Waals surface area contributed by atoms with Crippen molar-refractivity contribution >= 4 is 17.5 Å². The zero-order chi connectivity index (χ0) is 25.7. The summed E-state index contributed by atoms with van der Waals surface area (Å²) in [7, 11) is 0. The van der Waals surface area contributed by atoms with Gasteiger partial charge >= 0.3 is 0 Å². The molecular weight excluding hydrogens is 459 g/mol. The molecule has 0 radical (unpaired) electrons. The van der Waals surface area contributed by atoms with Crippen LogP contribution in [0, 0.1) is 23.6 Å². The average Bonchev–Trinajstić information content (AvgIpc) is 2.87. The number of aromatic hydroxyl groups is 1. The number of amides is 2. The maximum absolute atomic E-state index is 13.2. The van der Waals surface area contributed by atoms with Crippen LogP contribution in [0.4, 0.5) is 10.1 Å². The third kappa shape index (κ3) is 5.73. The first-order chi connectivity index (χ1) is 17.3. The Morgan fingerprint density at radius 2 is 1.72 bits per heavy atom. The van der Waals surface area contributed by atoms with Gasteiger partial charge in [-0.05, 0) is 72.5 Å². The molecule has 1 aliphatic heterocycles. The highest BCUT2D eigenvalue weighted by Crippen LogP contribution is 2.46. The van der Waals surface area contributed by atoms with Crippen LogP contribution in [0.1, 0.15) is 48.6 Å². The van der Waals surface area contributed by atoms with E-state index in [9.17, 15) is 24.2 Å². The van der Waals surface area contributed by atoms with Gasteiger partial charge in [-0.2, -0.15) is 0 Å². The van der Waals surface area contributed by atoms with E-state index in [1.54, 1.807) is 41.3 Å². The SMILES string of the molecule is CC(=O)NCC#Cc1ccc(N2C(=O)[C@H](CC[C@H](O)c3ccc(F)cc3)C2c2ccc(O)cc2)cc1. The molecule has 0 bridgehead atoms. The lowest BCUT2D eigenvalue weighted by Gasteiger charge is -2.48. The number of halogens is 1. The van der Waals surface area contributed by atoms with Gasteiger partial charge in [0.25, 0.3) is 0 Å². The molecule has 1 heterocycles. The van der Waals surface area contributed by atoms with E-state index in [4.69, 9.17) is 0 Å². The number of anilines is 1. The highest BCUT2D eigenvalue weighted by Gasteiger charge is 2.48. The Bertz CT molecular complexity index is 1280. The van der Waals surface area contributed by atoms with Crippen LogP contribution in [0.3, 0.4) is 0 Å². The second-order valence-corrected chi connectivity index (χ2v) is 8.75. The Morgan fingerprint density at radius 3 is 2.36 bits per heavy atom. The molecule has 3 atom stereocenters. The molecule has 6 nitrogen and oxygen atoms in total. The maximum atomic E-state index is 13.2. The van der Waals surface area contributed by atoms with E-state index in [1.165, 1.54) is 19.1 Å². The van der Waals surface area contributed by atoms with Crippen LogP contribution < -0.4 is 10.2 Å². The first kappa shape index (κ1) is 25.0. The monoisotopic (exact) mass is 486 g/mol. The minimum absolute atomic E-state index is 0.0520. The second kappa shape index (κ2) is 11.1. The lowest BCUT2D eigenvalue weighted by molar-refractivity contribution is -0.131. The van der Waals surface area contributed by atoms with E-state index < -0.39 is 6.10 Å². The molecule has 1 unspecified atom stereocenters. The fourth-order valence-corrected chi connectivity index (χ4v) is 4.38. The largest absolute Gasteiger partial charge is 0.508 e. The Hall–Kier alpha value is -4.15. The van der Waals surface area contributed by atoms with Crippen molar-refractivity contribution in [1.82, 2.24) is 5.32 Å². The number of phenolic OH excluding ortho intramolecular Hbond substituents is 1. The third-order valence-electron chi connectivity index (χ3n) is 6.26. The molecule has 0 saturated carbocycles. The van der Waals surface area contributed by atoms with E-state index in [2.05, 4.69) is 17.2 Å². The quantitative estimate of drug-likeness (QED) is 0.344.